The van der Waals surface area contributed by atoms with E-state index in [2.05, 4.69) is 0 Å². The average Bonchev–Trinajstić information content (AvgIpc) is 2.18. The number of nitrogen functional groups attached to an aromatic ring is 1. The van der Waals surface area contributed by atoms with Crippen LogP contribution in [0.5, 0.6) is 5.75 Å². The van der Waals surface area contributed by atoms with Gasteiger partial charge in [0.1, 0.15) is 0 Å². The van der Waals surface area contributed by atoms with Crippen LogP contribution in [0, 0.1) is 0 Å². The Bertz CT molecular complexity index is 422. The summed E-state index contributed by atoms with van der Waals surface area (Å²) >= 11 is 0. The molecule has 0 saturated carbocycles. The van der Waals surface area contributed by atoms with Gasteiger partial charge in [0.2, 0.25) is 0 Å². The number of aliphatic carboxylic acids is 1. The van der Waals surface area contributed by atoms with Gasteiger partial charge in [0.05, 0.1) is 0 Å². The van der Waals surface area contributed by atoms with Crippen LogP contribution in [0.2, 0.25) is 0 Å². The van der Waals surface area contributed by atoms with Gasteiger partial charge in [-0.15, -0.1) is 0 Å². The Morgan fingerprint density at radius 1 is 1.40 bits per heavy atom. The van der Waals surface area contributed by atoms with E-state index in [1.807, 2.05) is 0 Å². The third-order valence-electron chi connectivity index (χ3n) is 1.67. The van der Waals surface area contributed by atoms with Crippen molar-refractivity contribution in [3.8, 4) is 5.75 Å². The molecule has 0 aromatic heterocycles. The Balaban J connectivity index is 2.73. The predicted molar refractivity (Wildman–Crippen MR) is 56.1 cm³/mol. The van der Waals surface area contributed by atoms with Crippen molar-refractivity contribution in [1.82, 2.24) is 0 Å². The predicted octanol–water partition coefficient (Wildman–Crippen LogP) is 0.996. The first-order chi connectivity index (χ1) is 7.09. The maximum absolute atomic E-state index is 10.9. The fourth-order valence-electron chi connectivity index (χ4n) is 0.975. The third kappa shape index (κ3) is 3.56. The minimum Gasteiger partial charge on any atom is -0.871 e. The summed E-state index contributed by atoms with van der Waals surface area (Å²) < 4.78 is 0. The van der Waals surface area contributed by atoms with Gasteiger partial charge in [0.25, 0.3) is 0 Å². The van der Waals surface area contributed by atoms with Gasteiger partial charge in [-0.05, 0) is 11.6 Å². The number of hydrogen-bond acceptors (Lipinski definition) is 3. The Labute approximate surface area is 87.0 Å². The molecule has 4 heteroatoms. The van der Waals surface area contributed by atoms with E-state index in [0.717, 1.165) is 11.6 Å². The monoisotopic (exact) mass is 204 g/mol. The Hall–Kier alpha value is -2.23. The molecular weight excluding hydrogens is 194 g/mol. The zero-order chi connectivity index (χ0) is 11.3. The molecule has 4 nitrogen and oxygen atoms in total. The SMILES string of the molecule is Nc1cc(/C=C/C=C/C(=O)O)ccc1[O-]. The van der Waals surface area contributed by atoms with Crippen LogP contribution < -0.4 is 10.8 Å². The van der Waals surface area contributed by atoms with Crippen molar-refractivity contribution >= 4 is 17.7 Å². The number of benzene rings is 1. The molecule has 0 amide bonds. The highest BCUT2D eigenvalue weighted by Gasteiger charge is 1.89. The second-order valence-electron chi connectivity index (χ2n) is 2.85. The van der Waals surface area contributed by atoms with Crippen molar-refractivity contribution in [2.24, 2.45) is 0 Å². The molecule has 1 aromatic carbocycles. The summed E-state index contributed by atoms with van der Waals surface area (Å²) in [5.41, 5.74) is 6.35. The van der Waals surface area contributed by atoms with Crippen LogP contribution in [0.4, 0.5) is 5.69 Å². The van der Waals surface area contributed by atoms with Crippen LogP contribution in [-0.4, -0.2) is 11.1 Å². The lowest BCUT2D eigenvalue weighted by Crippen LogP contribution is -1.96. The molecule has 0 saturated heterocycles. The van der Waals surface area contributed by atoms with E-state index in [4.69, 9.17) is 10.8 Å². The fraction of sp³-hybridized carbons (Fsp3) is 0. The Kier molecular flexibility index (Phi) is 3.51. The van der Waals surface area contributed by atoms with Crippen LogP contribution in [0.25, 0.3) is 6.08 Å². The number of anilines is 1. The molecule has 78 valence electrons. The lowest BCUT2D eigenvalue weighted by atomic mass is 10.2. The zero-order valence-corrected chi connectivity index (χ0v) is 7.88. The van der Waals surface area contributed by atoms with Crippen LogP contribution in [0.1, 0.15) is 5.56 Å². The number of carboxylic acid groups (broad SMARTS) is 1. The number of carbonyl (C=O) groups is 1. The second kappa shape index (κ2) is 4.85. The summed E-state index contributed by atoms with van der Waals surface area (Å²) in [6.07, 6.45) is 5.63. The summed E-state index contributed by atoms with van der Waals surface area (Å²) in [6, 6.07) is 4.52. The minimum atomic E-state index is -1.01. The van der Waals surface area contributed by atoms with E-state index in [1.165, 1.54) is 18.2 Å². The first-order valence-corrected chi connectivity index (χ1v) is 4.24. The molecule has 15 heavy (non-hydrogen) atoms. The molecule has 0 spiro atoms. The molecule has 0 radical (unpaired) electrons. The van der Waals surface area contributed by atoms with Gasteiger partial charge in [-0.2, -0.15) is 0 Å². The van der Waals surface area contributed by atoms with Crippen LogP contribution in [-0.2, 0) is 4.79 Å². The molecule has 0 aliphatic rings. The second-order valence-corrected chi connectivity index (χ2v) is 2.85. The highest BCUT2D eigenvalue weighted by molar-refractivity contribution is 5.80. The van der Waals surface area contributed by atoms with Gasteiger partial charge in [-0.3, -0.25) is 0 Å². The maximum Gasteiger partial charge on any atom is 0.328 e. The number of hydrogen-bond donors (Lipinski definition) is 2. The molecule has 0 unspecified atom stereocenters. The molecule has 0 bridgehead atoms. The van der Waals surface area contributed by atoms with E-state index in [-0.39, 0.29) is 11.4 Å². The van der Waals surface area contributed by atoms with Gasteiger partial charge >= 0.3 is 5.97 Å². The molecule has 0 heterocycles. The summed E-state index contributed by atoms with van der Waals surface area (Å²) in [5, 5.41) is 19.3. The number of nitrogens with two attached hydrogens (primary N) is 1. The third-order valence-corrected chi connectivity index (χ3v) is 1.67. The molecule has 1 rings (SSSR count). The normalized spacial score (nSPS) is 11.2. The summed E-state index contributed by atoms with van der Waals surface area (Å²) in [5.74, 6) is -1.22. The standard InChI is InChI=1S/C11H11NO3/c12-9-7-8(5-6-10(9)13)3-1-2-4-11(14)15/h1-7,13H,12H2,(H,14,15)/p-1/b3-1+,4-2+. The van der Waals surface area contributed by atoms with Crippen molar-refractivity contribution in [2.75, 3.05) is 5.73 Å². The summed E-state index contributed by atoms with van der Waals surface area (Å²) in [6.45, 7) is 0. The lowest BCUT2D eigenvalue weighted by molar-refractivity contribution is -0.267. The van der Waals surface area contributed by atoms with Gasteiger partial charge < -0.3 is 15.9 Å². The van der Waals surface area contributed by atoms with Gasteiger partial charge in [-0.25, -0.2) is 4.79 Å². The quantitative estimate of drug-likeness (QED) is 0.437. The van der Waals surface area contributed by atoms with Gasteiger partial charge in [0, 0.05) is 11.8 Å². The molecule has 3 N–H and O–H groups in total. The van der Waals surface area contributed by atoms with Crippen molar-refractivity contribution < 1.29 is 15.0 Å². The van der Waals surface area contributed by atoms with E-state index >= 15 is 0 Å². The maximum atomic E-state index is 10.9. The zero-order valence-electron chi connectivity index (χ0n) is 7.88. The first kappa shape index (κ1) is 10.8. The number of carboxylic acids is 1. The summed E-state index contributed by atoms with van der Waals surface area (Å²) in [4.78, 5) is 10.1. The molecule has 0 aliphatic heterocycles. The summed E-state index contributed by atoms with van der Waals surface area (Å²) in [7, 11) is 0. The van der Waals surface area contributed by atoms with E-state index < -0.39 is 5.97 Å². The van der Waals surface area contributed by atoms with Crippen LogP contribution in [0.3, 0.4) is 0 Å². The molecule has 0 atom stereocenters. The lowest BCUT2D eigenvalue weighted by Gasteiger charge is -2.08. The van der Waals surface area contributed by atoms with E-state index in [1.54, 1.807) is 18.2 Å². The Morgan fingerprint density at radius 3 is 2.73 bits per heavy atom. The molecular formula is C11H10NO3-. The highest BCUT2D eigenvalue weighted by atomic mass is 16.4. The van der Waals surface area contributed by atoms with Gasteiger partial charge in [-0.1, -0.05) is 36.1 Å². The largest absolute Gasteiger partial charge is 0.871 e. The van der Waals surface area contributed by atoms with Crippen molar-refractivity contribution in [3.05, 3.63) is 42.0 Å². The van der Waals surface area contributed by atoms with Crippen molar-refractivity contribution in [2.45, 2.75) is 0 Å². The molecule has 0 aliphatic carbocycles. The van der Waals surface area contributed by atoms with Crippen LogP contribution >= 0.6 is 0 Å². The average molecular weight is 204 g/mol. The molecule has 1 aromatic rings. The number of rotatable bonds is 3. The number of allylic oxidation sites excluding steroid dienone is 2. The highest BCUT2D eigenvalue weighted by Crippen LogP contribution is 2.18. The minimum absolute atomic E-state index is 0.180. The first-order valence-electron chi connectivity index (χ1n) is 4.24. The van der Waals surface area contributed by atoms with Crippen molar-refractivity contribution in [3.63, 3.8) is 0 Å². The van der Waals surface area contributed by atoms with Crippen molar-refractivity contribution in [1.29, 1.82) is 0 Å². The fourth-order valence-corrected chi connectivity index (χ4v) is 0.975. The van der Waals surface area contributed by atoms with E-state index in [0.29, 0.717) is 0 Å². The van der Waals surface area contributed by atoms with E-state index in [9.17, 15) is 9.90 Å². The Morgan fingerprint density at radius 2 is 2.13 bits per heavy atom. The topological polar surface area (TPSA) is 86.4 Å². The molecule has 0 fully saturated rings. The van der Waals surface area contributed by atoms with Crippen LogP contribution in [0.15, 0.2) is 36.4 Å². The van der Waals surface area contributed by atoms with Gasteiger partial charge in [0.15, 0.2) is 0 Å². The smallest absolute Gasteiger partial charge is 0.328 e.